The fourth-order valence-corrected chi connectivity index (χ4v) is 0.734. The molecule has 0 saturated carbocycles. The zero-order chi connectivity index (χ0) is 9.40. The molecule has 0 bridgehead atoms. The monoisotopic (exact) mass is 174 g/mol. The van der Waals surface area contributed by atoms with E-state index >= 15 is 0 Å². The number of carbonyl (C=O) groups is 2. The molecular formula is C8H14O4. The second-order valence-corrected chi connectivity index (χ2v) is 2.51. The minimum absolute atomic E-state index is 0.321. The predicted octanol–water partition coefficient (Wildman–Crippen LogP) is 1.19. The molecule has 0 rings (SSSR count). The second kappa shape index (κ2) is 6.64. The van der Waals surface area contributed by atoms with Gasteiger partial charge in [0.2, 0.25) is 0 Å². The summed E-state index contributed by atoms with van der Waals surface area (Å²) < 4.78 is 4.41. The van der Waals surface area contributed by atoms with Gasteiger partial charge in [-0.15, -0.1) is 0 Å². The molecule has 12 heavy (non-hydrogen) atoms. The molecule has 0 amide bonds. The third kappa shape index (κ3) is 7.05. The highest BCUT2D eigenvalue weighted by atomic mass is 16.5. The van der Waals surface area contributed by atoms with E-state index in [1.165, 1.54) is 0 Å². The number of hydrogen-bond acceptors (Lipinski definition) is 3. The summed E-state index contributed by atoms with van der Waals surface area (Å²) in [6.07, 6.45) is 3.10. The maximum Gasteiger partial charge on any atom is 0.341 e. The smallest absolute Gasteiger partial charge is 0.341 e. The molecule has 1 N–H and O–H groups in total. The zero-order valence-electron chi connectivity index (χ0n) is 7.21. The van der Waals surface area contributed by atoms with Gasteiger partial charge < -0.3 is 9.84 Å². The number of aliphatic carboxylic acids is 1. The lowest BCUT2D eigenvalue weighted by Gasteiger charge is -2.00. The molecule has 0 heterocycles. The van der Waals surface area contributed by atoms with Crippen molar-refractivity contribution in [3.63, 3.8) is 0 Å². The number of ether oxygens (including phenoxy) is 1. The Hall–Kier alpha value is -1.06. The number of carboxylic acids is 1. The molecule has 4 nitrogen and oxygen atoms in total. The maximum absolute atomic E-state index is 10.7. The van der Waals surface area contributed by atoms with Crippen molar-refractivity contribution in [1.82, 2.24) is 0 Å². The van der Waals surface area contributed by atoms with Gasteiger partial charge in [0.15, 0.2) is 6.61 Å². The van der Waals surface area contributed by atoms with Crippen LogP contribution in [0.2, 0.25) is 0 Å². The Balaban J connectivity index is 3.28. The van der Waals surface area contributed by atoms with Gasteiger partial charge in [0.05, 0.1) is 0 Å². The molecule has 0 unspecified atom stereocenters. The summed E-state index contributed by atoms with van der Waals surface area (Å²) in [4.78, 5) is 20.7. The lowest BCUT2D eigenvalue weighted by molar-refractivity contribution is -0.155. The van der Waals surface area contributed by atoms with Crippen LogP contribution in [0.1, 0.15) is 32.6 Å². The molecule has 0 fully saturated rings. The van der Waals surface area contributed by atoms with Crippen LogP contribution in [0, 0.1) is 0 Å². The minimum Gasteiger partial charge on any atom is -0.479 e. The van der Waals surface area contributed by atoms with Crippen LogP contribution in [-0.4, -0.2) is 23.7 Å². The summed E-state index contributed by atoms with van der Waals surface area (Å²) >= 11 is 0. The predicted molar refractivity (Wildman–Crippen MR) is 42.7 cm³/mol. The van der Waals surface area contributed by atoms with E-state index in [4.69, 9.17) is 5.11 Å². The van der Waals surface area contributed by atoms with Gasteiger partial charge in [-0.05, 0) is 6.42 Å². The topological polar surface area (TPSA) is 63.6 Å². The molecule has 0 aliphatic rings. The molecule has 70 valence electrons. The van der Waals surface area contributed by atoms with Crippen molar-refractivity contribution in [2.75, 3.05) is 6.61 Å². The van der Waals surface area contributed by atoms with Crippen molar-refractivity contribution in [2.24, 2.45) is 0 Å². The molecule has 0 saturated heterocycles. The van der Waals surface area contributed by atoms with Gasteiger partial charge in [0.25, 0.3) is 0 Å². The van der Waals surface area contributed by atoms with Crippen molar-refractivity contribution in [3.05, 3.63) is 0 Å². The average molecular weight is 174 g/mol. The van der Waals surface area contributed by atoms with Gasteiger partial charge in [-0.3, -0.25) is 4.79 Å². The molecular weight excluding hydrogens is 160 g/mol. The van der Waals surface area contributed by atoms with E-state index in [-0.39, 0.29) is 0 Å². The van der Waals surface area contributed by atoms with Gasteiger partial charge >= 0.3 is 11.9 Å². The Morgan fingerprint density at radius 2 is 2.00 bits per heavy atom. The fraction of sp³-hybridized carbons (Fsp3) is 0.750. The van der Waals surface area contributed by atoms with Gasteiger partial charge in [-0.2, -0.15) is 0 Å². The van der Waals surface area contributed by atoms with Crippen molar-refractivity contribution in [3.8, 4) is 0 Å². The maximum atomic E-state index is 10.7. The molecule has 4 heteroatoms. The molecule has 0 aromatic heterocycles. The van der Waals surface area contributed by atoms with Crippen LogP contribution >= 0.6 is 0 Å². The Morgan fingerprint density at radius 3 is 2.50 bits per heavy atom. The van der Waals surface area contributed by atoms with Gasteiger partial charge in [-0.25, -0.2) is 4.79 Å². The first-order valence-corrected chi connectivity index (χ1v) is 4.04. The SMILES string of the molecule is CCCCCC(=O)OCC(=O)O. The van der Waals surface area contributed by atoms with Crippen molar-refractivity contribution >= 4 is 11.9 Å². The van der Waals surface area contributed by atoms with E-state index in [1.807, 2.05) is 6.92 Å². The highest BCUT2D eigenvalue weighted by molar-refractivity contribution is 5.75. The average Bonchev–Trinajstić information content (AvgIpc) is 2.01. The number of rotatable bonds is 6. The standard InChI is InChI=1S/C8H14O4/c1-2-3-4-5-8(11)12-6-7(9)10/h2-6H2,1H3,(H,9,10). The summed E-state index contributed by atoms with van der Waals surface area (Å²) in [5.41, 5.74) is 0. The fourth-order valence-electron chi connectivity index (χ4n) is 0.734. The summed E-state index contributed by atoms with van der Waals surface area (Å²) in [6, 6.07) is 0. The normalized spacial score (nSPS) is 9.42. The van der Waals surface area contributed by atoms with Crippen LogP contribution in [0.4, 0.5) is 0 Å². The van der Waals surface area contributed by atoms with Crippen LogP contribution in [0.5, 0.6) is 0 Å². The summed E-state index contributed by atoms with van der Waals surface area (Å²) in [5, 5.41) is 8.16. The first-order chi connectivity index (χ1) is 5.66. The first kappa shape index (κ1) is 10.9. The minimum atomic E-state index is -1.11. The van der Waals surface area contributed by atoms with E-state index in [2.05, 4.69) is 4.74 Å². The van der Waals surface area contributed by atoms with E-state index in [1.54, 1.807) is 0 Å². The number of esters is 1. The lowest BCUT2D eigenvalue weighted by Crippen LogP contribution is -2.12. The Kier molecular flexibility index (Phi) is 6.05. The molecule has 0 aliphatic carbocycles. The van der Waals surface area contributed by atoms with Crippen molar-refractivity contribution in [2.45, 2.75) is 32.6 Å². The second-order valence-electron chi connectivity index (χ2n) is 2.51. The summed E-state index contributed by atoms with van der Waals surface area (Å²) in [7, 11) is 0. The number of carbonyl (C=O) groups excluding carboxylic acids is 1. The van der Waals surface area contributed by atoms with E-state index in [9.17, 15) is 9.59 Å². The summed E-state index contributed by atoms with van der Waals surface area (Å²) in [6.45, 7) is 1.51. The van der Waals surface area contributed by atoms with Crippen LogP contribution < -0.4 is 0 Å². The molecule has 0 atom stereocenters. The Morgan fingerprint density at radius 1 is 1.33 bits per heavy atom. The number of unbranched alkanes of at least 4 members (excludes halogenated alkanes) is 2. The zero-order valence-corrected chi connectivity index (χ0v) is 7.21. The highest BCUT2D eigenvalue weighted by Crippen LogP contribution is 1.99. The van der Waals surface area contributed by atoms with E-state index < -0.39 is 18.5 Å². The van der Waals surface area contributed by atoms with Crippen LogP contribution in [0.15, 0.2) is 0 Å². The van der Waals surface area contributed by atoms with E-state index in [0.717, 1.165) is 19.3 Å². The Bertz CT molecular complexity index is 153. The van der Waals surface area contributed by atoms with Crippen molar-refractivity contribution in [1.29, 1.82) is 0 Å². The Labute approximate surface area is 71.5 Å². The van der Waals surface area contributed by atoms with E-state index in [0.29, 0.717) is 6.42 Å². The third-order valence-electron chi connectivity index (χ3n) is 1.34. The molecule has 0 aromatic rings. The third-order valence-corrected chi connectivity index (χ3v) is 1.34. The van der Waals surface area contributed by atoms with Gasteiger partial charge in [-0.1, -0.05) is 19.8 Å². The van der Waals surface area contributed by atoms with Crippen LogP contribution in [-0.2, 0) is 14.3 Å². The van der Waals surface area contributed by atoms with Crippen molar-refractivity contribution < 1.29 is 19.4 Å². The molecule has 0 aromatic carbocycles. The van der Waals surface area contributed by atoms with Gasteiger partial charge in [0, 0.05) is 6.42 Å². The number of hydrogen-bond donors (Lipinski definition) is 1. The summed E-state index contributed by atoms with van der Waals surface area (Å²) in [5.74, 6) is -1.54. The first-order valence-electron chi connectivity index (χ1n) is 4.04. The molecule has 0 spiro atoms. The molecule has 0 aliphatic heterocycles. The number of carboxylic acid groups (broad SMARTS) is 1. The van der Waals surface area contributed by atoms with Crippen LogP contribution in [0.3, 0.4) is 0 Å². The van der Waals surface area contributed by atoms with Gasteiger partial charge in [0.1, 0.15) is 0 Å². The van der Waals surface area contributed by atoms with Crippen LogP contribution in [0.25, 0.3) is 0 Å². The quantitative estimate of drug-likeness (QED) is 0.485. The molecule has 0 radical (unpaired) electrons. The largest absolute Gasteiger partial charge is 0.479 e. The lowest BCUT2D eigenvalue weighted by atomic mass is 10.2. The highest BCUT2D eigenvalue weighted by Gasteiger charge is 2.04.